The molecule has 0 spiro atoms. The molecule has 1 aromatic carbocycles. The number of hydrogen-bond acceptors (Lipinski definition) is 2. The molecule has 4 nitrogen and oxygen atoms in total. The highest BCUT2D eigenvalue weighted by molar-refractivity contribution is 14.1. The zero-order chi connectivity index (χ0) is 17.3. The lowest BCUT2D eigenvalue weighted by Gasteiger charge is -2.08. The van der Waals surface area contributed by atoms with E-state index in [9.17, 15) is 9.59 Å². The van der Waals surface area contributed by atoms with Gasteiger partial charge < -0.3 is 10.2 Å². The van der Waals surface area contributed by atoms with Crippen molar-refractivity contribution in [3.05, 3.63) is 33.9 Å². The standard InChI is InChI=1S/C6H5I.2C5H10O2/c7-6-4-2-1-3-5-6;2*1-5(2,3)4(6)7/h1-5H;2*1-3H3,(H,6,7). The molecule has 2 N–H and O–H groups in total. The molecule has 21 heavy (non-hydrogen) atoms. The molecule has 1 aromatic rings. The highest BCUT2D eigenvalue weighted by atomic mass is 127. The lowest BCUT2D eigenvalue weighted by molar-refractivity contribution is -0.146. The van der Waals surface area contributed by atoms with Gasteiger partial charge in [0.1, 0.15) is 0 Å². The van der Waals surface area contributed by atoms with Gasteiger partial charge in [0.2, 0.25) is 0 Å². The Kier molecular flexibility index (Phi) is 10.3. The first-order valence-corrected chi connectivity index (χ1v) is 7.53. The van der Waals surface area contributed by atoms with Crippen molar-refractivity contribution in [2.24, 2.45) is 10.8 Å². The fraction of sp³-hybridized carbons (Fsp3) is 0.500. The maximum atomic E-state index is 10.0. The molecule has 0 fully saturated rings. The van der Waals surface area contributed by atoms with Crippen LogP contribution in [0.4, 0.5) is 0 Å². The minimum Gasteiger partial charge on any atom is -0.481 e. The lowest BCUT2D eigenvalue weighted by Crippen LogP contribution is -2.18. The Balaban J connectivity index is 0. The summed E-state index contributed by atoms with van der Waals surface area (Å²) < 4.78 is 1.29. The van der Waals surface area contributed by atoms with Crippen molar-refractivity contribution in [1.82, 2.24) is 0 Å². The van der Waals surface area contributed by atoms with E-state index in [1.807, 2.05) is 18.2 Å². The lowest BCUT2D eigenvalue weighted by atomic mass is 9.98. The first kappa shape index (κ1) is 22.2. The summed E-state index contributed by atoms with van der Waals surface area (Å²) in [5.41, 5.74) is -1.17. The normalized spacial score (nSPS) is 10.4. The van der Waals surface area contributed by atoms with E-state index in [2.05, 4.69) is 34.7 Å². The molecule has 0 amide bonds. The van der Waals surface area contributed by atoms with E-state index >= 15 is 0 Å². The molecule has 120 valence electrons. The average molecular weight is 408 g/mol. The van der Waals surface area contributed by atoms with Crippen LogP contribution < -0.4 is 0 Å². The van der Waals surface area contributed by atoms with Crippen molar-refractivity contribution in [3.63, 3.8) is 0 Å². The molecule has 5 heteroatoms. The molecule has 0 saturated carbocycles. The van der Waals surface area contributed by atoms with Gasteiger partial charge >= 0.3 is 11.9 Å². The van der Waals surface area contributed by atoms with E-state index in [0.717, 1.165) is 0 Å². The van der Waals surface area contributed by atoms with E-state index in [4.69, 9.17) is 10.2 Å². The summed E-state index contributed by atoms with van der Waals surface area (Å²) in [6, 6.07) is 10.2. The summed E-state index contributed by atoms with van der Waals surface area (Å²) in [6.07, 6.45) is 0. The minimum atomic E-state index is -0.757. The Hall–Kier alpha value is -1.11. The second kappa shape index (κ2) is 9.76. The zero-order valence-electron chi connectivity index (χ0n) is 13.5. The fourth-order valence-corrected chi connectivity index (χ4v) is 0.830. The monoisotopic (exact) mass is 408 g/mol. The van der Waals surface area contributed by atoms with Crippen LogP contribution >= 0.6 is 22.6 Å². The SMILES string of the molecule is CC(C)(C)C(=O)O.CC(C)(C)C(=O)O.Ic1ccccc1. The highest BCUT2D eigenvalue weighted by Gasteiger charge is 2.19. The number of aliphatic carboxylic acids is 2. The van der Waals surface area contributed by atoms with E-state index in [-0.39, 0.29) is 0 Å². The summed E-state index contributed by atoms with van der Waals surface area (Å²) >= 11 is 2.28. The third-order valence-corrected chi connectivity index (χ3v) is 2.74. The number of rotatable bonds is 0. The number of benzene rings is 1. The highest BCUT2D eigenvalue weighted by Crippen LogP contribution is 2.11. The van der Waals surface area contributed by atoms with Gasteiger partial charge in [-0.15, -0.1) is 0 Å². The number of carboxylic acid groups (broad SMARTS) is 2. The molecule has 0 radical (unpaired) electrons. The van der Waals surface area contributed by atoms with Gasteiger partial charge in [0.15, 0.2) is 0 Å². The predicted molar refractivity (Wildman–Crippen MR) is 93.3 cm³/mol. The molecule has 0 heterocycles. The molecule has 1 rings (SSSR count). The van der Waals surface area contributed by atoms with Crippen molar-refractivity contribution in [2.45, 2.75) is 41.5 Å². The van der Waals surface area contributed by atoms with Crippen molar-refractivity contribution in [3.8, 4) is 0 Å². The number of halogens is 1. The fourth-order valence-electron chi connectivity index (χ4n) is 0.415. The molecule has 0 aliphatic rings. The van der Waals surface area contributed by atoms with Crippen LogP contribution in [0.15, 0.2) is 30.3 Å². The summed E-state index contributed by atoms with van der Waals surface area (Å²) in [7, 11) is 0. The summed E-state index contributed by atoms with van der Waals surface area (Å²) in [4.78, 5) is 20.0. The zero-order valence-corrected chi connectivity index (χ0v) is 15.6. The third-order valence-electron chi connectivity index (χ3n) is 2.02. The molecule has 0 aromatic heterocycles. The van der Waals surface area contributed by atoms with Crippen molar-refractivity contribution in [2.75, 3.05) is 0 Å². The smallest absolute Gasteiger partial charge is 0.308 e. The van der Waals surface area contributed by atoms with Gasteiger partial charge in [-0.05, 0) is 76.3 Å². The number of hydrogen-bond donors (Lipinski definition) is 2. The van der Waals surface area contributed by atoms with Crippen LogP contribution in [0.3, 0.4) is 0 Å². The van der Waals surface area contributed by atoms with Gasteiger partial charge in [0.25, 0.3) is 0 Å². The van der Waals surface area contributed by atoms with E-state index in [1.165, 1.54) is 3.57 Å². The van der Waals surface area contributed by atoms with Crippen LogP contribution in [0.1, 0.15) is 41.5 Å². The molecule has 0 saturated heterocycles. The second-order valence-corrected chi connectivity index (χ2v) is 7.65. The Morgan fingerprint density at radius 1 is 0.810 bits per heavy atom. The van der Waals surface area contributed by atoms with Gasteiger partial charge in [-0.2, -0.15) is 0 Å². The number of carboxylic acids is 2. The molecular weight excluding hydrogens is 383 g/mol. The Morgan fingerprint density at radius 2 is 1.05 bits per heavy atom. The molecule has 0 aliphatic heterocycles. The van der Waals surface area contributed by atoms with Gasteiger partial charge in [-0.25, -0.2) is 0 Å². The number of carbonyl (C=O) groups is 2. The molecule has 0 bridgehead atoms. The van der Waals surface area contributed by atoms with E-state index in [1.54, 1.807) is 41.5 Å². The molecule has 0 atom stereocenters. The van der Waals surface area contributed by atoms with Gasteiger partial charge in [-0.1, -0.05) is 18.2 Å². The summed E-state index contributed by atoms with van der Waals surface area (Å²) in [5, 5.41) is 16.5. The molecule has 0 unspecified atom stereocenters. The maximum Gasteiger partial charge on any atom is 0.308 e. The van der Waals surface area contributed by atoms with Crippen LogP contribution in [0, 0.1) is 14.4 Å². The Labute approximate surface area is 140 Å². The maximum absolute atomic E-state index is 10.0. The predicted octanol–water partition coefficient (Wildman–Crippen LogP) is 4.53. The molecular formula is C16H25IO4. The first-order chi connectivity index (χ1) is 9.28. The van der Waals surface area contributed by atoms with Crippen LogP contribution in [-0.4, -0.2) is 22.2 Å². The Morgan fingerprint density at radius 3 is 1.14 bits per heavy atom. The van der Waals surface area contributed by atoms with Crippen LogP contribution in [0.5, 0.6) is 0 Å². The quantitative estimate of drug-likeness (QED) is 0.619. The van der Waals surface area contributed by atoms with Crippen LogP contribution in [0.2, 0.25) is 0 Å². The minimum absolute atomic E-state index is 0.583. The van der Waals surface area contributed by atoms with E-state index < -0.39 is 22.8 Å². The van der Waals surface area contributed by atoms with Crippen LogP contribution in [-0.2, 0) is 9.59 Å². The van der Waals surface area contributed by atoms with Crippen molar-refractivity contribution < 1.29 is 19.8 Å². The van der Waals surface area contributed by atoms with Gasteiger partial charge in [-0.3, -0.25) is 9.59 Å². The third kappa shape index (κ3) is 15.1. The van der Waals surface area contributed by atoms with Crippen molar-refractivity contribution >= 4 is 34.5 Å². The largest absolute Gasteiger partial charge is 0.481 e. The van der Waals surface area contributed by atoms with Crippen molar-refractivity contribution in [1.29, 1.82) is 0 Å². The average Bonchev–Trinajstić information content (AvgIpc) is 2.28. The summed E-state index contributed by atoms with van der Waals surface area (Å²) in [6.45, 7) is 9.97. The van der Waals surface area contributed by atoms with Crippen LogP contribution in [0.25, 0.3) is 0 Å². The van der Waals surface area contributed by atoms with Gasteiger partial charge in [0.05, 0.1) is 10.8 Å². The van der Waals surface area contributed by atoms with Gasteiger partial charge in [0, 0.05) is 3.57 Å². The summed E-state index contributed by atoms with van der Waals surface area (Å²) in [5.74, 6) is -1.51. The molecule has 0 aliphatic carbocycles. The topological polar surface area (TPSA) is 74.6 Å². The first-order valence-electron chi connectivity index (χ1n) is 6.46. The van der Waals surface area contributed by atoms with E-state index in [0.29, 0.717) is 0 Å². The second-order valence-electron chi connectivity index (χ2n) is 6.41. The Bertz CT molecular complexity index is 404.